The normalized spacial score (nSPS) is 9.96. The Labute approximate surface area is 139 Å². The molecule has 0 radical (unpaired) electrons. The molecule has 2 rings (SSSR count). The molecule has 0 aliphatic carbocycles. The third-order valence-corrected chi connectivity index (χ3v) is 3.23. The highest BCUT2D eigenvalue weighted by Gasteiger charge is 2.12. The molecule has 1 amide bonds. The molecular weight excluding hydrogens is 368 g/mol. The average molecular weight is 379 g/mol. The lowest BCUT2D eigenvalue weighted by molar-refractivity contribution is -0.384. The van der Waals surface area contributed by atoms with Gasteiger partial charge in [-0.05, 0) is 24.3 Å². The summed E-state index contributed by atoms with van der Waals surface area (Å²) in [4.78, 5) is 33.6. The average Bonchev–Trinajstić information content (AvgIpc) is 2.53. The van der Waals surface area contributed by atoms with Crippen molar-refractivity contribution in [2.45, 2.75) is 0 Å². The van der Waals surface area contributed by atoms with E-state index in [-0.39, 0.29) is 11.4 Å². The lowest BCUT2D eigenvalue weighted by Crippen LogP contribution is -2.20. The molecule has 0 spiro atoms. The van der Waals surface area contributed by atoms with Crippen molar-refractivity contribution in [3.05, 3.63) is 68.7 Å². The summed E-state index contributed by atoms with van der Waals surface area (Å²) in [7, 11) is 0. The van der Waals surface area contributed by atoms with Crippen molar-refractivity contribution >= 4 is 39.2 Å². The molecule has 0 aromatic heterocycles. The fourth-order valence-corrected chi connectivity index (χ4v) is 2.12. The van der Waals surface area contributed by atoms with Crippen molar-refractivity contribution in [3.8, 4) is 0 Å². The summed E-state index contributed by atoms with van der Waals surface area (Å²) in [6, 6.07) is 12.0. The highest BCUT2D eigenvalue weighted by atomic mass is 79.9. The van der Waals surface area contributed by atoms with Gasteiger partial charge >= 0.3 is 5.97 Å². The Balaban J connectivity index is 1.91. The summed E-state index contributed by atoms with van der Waals surface area (Å²) in [6.45, 7) is -0.492. The number of nitrogens with zero attached hydrogens (tertiary/aromatic N) is 1. The first-order chi connectivity index (χ1) is 11.0. The minimum atomic E-state index is -0.638. The maximum absolute atomic E-state index is 11.8. The van der Waals surface area contributed by atoms with Crippen molar-refractivity contribution in [2.24, 2.45) is 0 Å². The van der Waals surface area contributed by atoms with Crippen molar-refractivity contribution in [1.29, 1.82) is 0 Å². The minimum absolute atomic E-state index is 0.145. The predicted octanol–water partition coefficient (Wildman–Crippen LogP) is 3.15. The number of benzene rings is 2. The molecule has 7 nitrogen and oxygen atoms in total. The Morgan fingerprint density at radius 3 is 2.61 bits per heavy atom. The lowest BCUT2D eigenvalue weighted by atomic mass is 10.2. The van der Waals surface area contributed by atoms with Crippen molar-refractivity contribution in [2.75, 3.05) is 11.9 Å². The van der Waals surface area contributed by atoms with Crippen LogP contribution in [0.4, 0.5) is 11.4 Å². The van der Waals surface area contributed by atoms with Gasteiger partial charge in [0.2, 0.25) is 0 Å². The van der Waals surface area contributed by atoms with E-state index in [1.807, 2.05) is 0 Å². The summed E-state index contributed by atoms with van der Waals surface area (Å²) in [6.07, 6.45) is 0. The van der Waals surface area contributed by atoms with E-state index in [9.17, 15) is 19.7 Å². The number of ether oxygens (including phenoxy) is 1. The van der Waals surface area contributed by atoms with Crippen LogP contribution in [0.25, 0.3) is 0 Å². The van der Waals surface area contributed by atoms with E-state index in [4.69, 9.17) is 4.74 Å². The second-order valence-corrected chi connectivity index (χ2v) is 5.36. The van der Waals surface area contributed by atoms with Gasteiger partial charge in [0.15, 0.2) is 6.61 Å². The number of esters is 1. The summed E-state index contributed by atoms with van der Waals surface area (Å²) < 4.78 is 5.60. The van der Waals surface area contributed by atoms with Gasteiger partial charge in [-0.25, -0.2) is 4.79 Å². The molecule has 0 fully saturated rings. The molecule has 0 unspecified atom stereocenters. The Morgan fingerprint density at radius 2 is 1.91 bits per heavy atom. The second-order valence-electron chi connectivity index (χ2n) is 4.44. The first-order valence-corrected chi connectivity index (χ1v) is 7.22. The predicted molar refractivity (Wildman–Crippen MR) is 86.2 cm³/mol. The van der Waals surface area contributed by atoms with Crippen molar-refractivity contribution < 1.29 is 19.2 Å². The number of nitrogens with one attached hydrogen (secondary N) is 1. The monoisotopic (exact) mass is 378 g/mol. The second kappa shape index (κ2) is 7.50. The first kappa shape index (κ1) is 16.6. The van der Waals surface area contributed by atoms with Gasteiger partial charge in [0, 0.05) is 22.3 Å². The number of anilines is 1. The third-order valence-electron chi connectivity index (χ3n) is 2.74. The molecule has 0 atom stereocenters. The zero-order valence-corrected chi connectivity index (χ0v) is 13.3. The maximum Gasteiger partial charge on any atom is 0.338 e. The van der Waals surface area contributed by atoms with Crippen LogP contribution in [-0.2, 0) is 9.53 Å². The SMILES string of the molecule is O=C(COC(=O)c1cccc(Br)c1)Nc1cccc([N+](=O)[O-])c1. The smallest absolute Gasteiger partial charge is 0.338 e. The molecule has 0 saturated heterocycles. The molecule has 0 bridgehead atoms. The fraction of sp³-hybridized carbons (Fsp3) is 0.0667. The van der Waals surface area contributed by atoms with Gasteiger partial charge in [-0.1, -0.05) is 28.1 Å². The van der Waals surface area contributed by atoms with Crippen LogP contribution in [0.2, 0.25) is 0 Å². The Kier molecular flexibility index (Phi) is 5.42. The van der Waals surface area contributed by atoms with Gasteiger partial charge in [0.25, 0.3) is 11.6 Å². The topological polar surface area (TPSA) is 98.5 Å². The van der Waals surface area contributed by atoms with E-state index in [1.54, 1.807) is 24.3 Å². The number of nitro groups is 1. The third kappa shape index (κ3) is 4.89. The Bertz CT molecular complexity index is 763. The fourth-order valence-electron chi connectivity index (χ4n) is 1.72. The van der Waals surface area contributed by atoms with E-state index in [1.165, 1.54) is 24.3 Å². The van der Waals surface area contributed by atoms with E-state index in [0.29, 0.717) is 10.0 Å². The largest absolute Gasteiger partial charge is 0.452 e. The Hall–Kier alpha value is -2.74. The number of carbonyl (C=O) groups is 2. The van der Waals surface area contributed by atoms with Gasteiger partial charge in [-0.15, -0.1) is 0 Å². The van der Waals surface area contributed by atoms with Gasteiger partial charge in [0.1, 0.15) is 0 Å². The van der Waals surface area contributed by atoms with E-state index in [2.05, 4.69) is 21.2 Å². The number of rotatable bonds is 5. The molecule has 118 valence electrons. The molecule has 2 aromatic rings. The van der Waals surface area contributed by atoms with E-state index < -0.39 is 23.4 Å². The number of amides is 1. The maximum atomic E-state index is 11.8. The molecule has 1 N–H and O–H groups in total. The van der Waals surface area contributed by atoms with Gasteiger partial charge < -0.3 is 10.1 Å². The van der Waals surface area contributed by atoms with Crippen LogP contribution in [-0.4, -0.2) is 23.4 Å². The zero-order valence-electron chi connectivity index (χ0n) is 11.7. The highest BCUT2D eigenvalue weighted by molar-refractivity contribution is 9.10. The molecule has 8 heteroatoms. The molecule has 0 heterocycles. The number of nitro benzene ring substituents is 1. The van der Waals surface area contributed by atoms with Crippen LogP contribution >= 0.6 is 15.9 Å². The molecular formula is C15H11BrN2O5. The van der Waals surface area contributed by atoms with Crippen LogP contribution in [0.15, 0.2) is 53.0 Å². The minimum Gasteiger partial charge on any atom is -0.452 e. The van der Waals surface area contributed by atoms with Crippen LogP contribution < -0.4 is 5.32 Å². The van der Waals surface area contributed by atoms with Crippen molar-refractivity contribution in [1.82, 2.24) is 0 Å². The highest BCUT2D eigenvalue weighted by Crippen LogP contribution is 2.17. The molecule has 23 heavy (non-hydrogen) atoms. The van der Waals surface area contributed by atoms with Crippen LogP contribution in [0.3, 0.4) is 0 Å². The van der Waals surface area contributed by atoms with E-state index in [0.717, 1.165) is 0 Å². The van der Waals surface area contributed by atoms with Gasteiger partial charge in [0.05, 0.1) is 10.5 Å². The van der Waals surface area contributed by atoms with Crippen LogP contribution in [0, 0.1) is 10.1 Å². The summed E-state index contributed by atoms with van der Waals surface area (Å²) >= 11 is 3.23. The van der Waals surface area contributed by atoms with E-state index >= 15 is 0 Å². The molecule has 0 aliphatic heterocycles. The quantitative estimate of drug-likeness (QED) is 0.489. The lowest BCUT2D eigenvalue weighted by Gasteiger charge is -2.06. The van der Waals surface area contributed by atoms with Gasteiger partial charge in [-0.2, -0.15) is 0 Å². The summed E-state index contributed by atoms with van der Waals surface area (Å²) in [5.41, 5.74) is 0.416. The Morgan fingerprint density at radius 1 is 1.17 bits per heavy atom. The molecule has 0 saturated carbocycles. The standard InChI is InChI=1S/C15H11BrN2O5/c16-11-4-1-3-10(7-11)15(20)23-9-14(19)17-12-5-2-6-13(8-12)18(21)22/h1-8H,9H2,(H,17,19). The number of hydrogen-bond acceptors (Lipinski definition) is 5. The van der Waals surface area contributed by atoms with Gasteiger partial charge in [-0.3, -0.25) is 14.9 Å². The molecule has 0 aliphatic rings. The number of halogens is 1. The van der Waals surface area contributed by atoms with Crippen molar-refractivity contribution in [3.63, 3.8) is 0 Å². The summed E-state index contributed by atoms with van der Waals surface area (Å²) in [5, 5.41) is 13.1. The first-order valence-electron chi connectivity index (χ1n) is 6.43. The number of non-ortho nitro benzene ring substituents is 1. The molecule has 2 aromatic carbocycles. The number of hydrogen-bond donors (Lipinski definition) is 1. The summed E-state index contributed by atoms with van der Waals surface area (Å²) in [5.74, 6) is -1.23. The van der Waals surface area contributed by atoms with Crippen LogP contribution in [0.1, 0.15) is 10.4 Å². The zero-order chi connectivity index (χ0) is 16.8. The number of carbonyl (C=O) groups excluding carboxylic acids is 2. The van der Waals surface area contributed by atoms with Crippen LogP contribution in [0.5, 0.6) is 0 Å².